The van der Waals surface area contributed by atoms with Crippen molar-refractivity contribution in [3.63, 3.8) is 0 Å². The molecule has 1 aromatic heterocycles. The normalized spacial score (nSPS) is 20.6. The monoisotopic (exact) mass is 462 g/mol. The molecule has 0 spiro atoms. The minimum absolute atomic E-state index is 0.0834. The van der Waals surface area contributed by atoms with Gasteiger partial charge in [0.15, 0.2) is 9.92 Å². The number of aromatic nitrogens is 2. The number of nitrogens with two attached hydrogens (primary N) is 1. The molecule has 0 saturated carbocycles. The van der Waals surface area contributed by atoms with E-state index in [0.717, 1.165) is 55.3 Å². The van der Waals surface area contributed by atoms with Gasteiger partial charge in [0, 0.05) is 12.2 Å². The summed E-state index contributed by atoms with van der Waals surface area (Å²) in [7, 11) is -3.57. The zero-order chi connectivity index (χ0) is 22.3. The number of urea groups is 1. The first-order chi connectivity index (χ1) is 15.5. The highest BCUT2D eigenvalue weighted by Crippen LogP contribution is 2.38. The molecule has 5 rings (SSSR count). The third kappa shape index (κ3) is 3.89. The second-order valence-electron chi connectivity index (χ2n) is 8.47. The molecule has 0 fully saturated rings. The average molecular weight is 463 g/mol. The standard InChI is InChI=1S/C21H27FN6O3S/c22-7-8-24-15-11-28-20(31-12-15)18(10-25-28)32(23,30)27-21(29)26-19-16-5-1-3-13(16)9-14-4-2-6-17(14)19/h9-10,15,24H,1-8,11-12H2,(H3,23,26,27,29,30)/t15-,32?/m1/s1. The summed E-state index contributed by atoms with van der Waals surface area (Å²) in [6.45, 7) is 0.404. The highest BCUT2D eigenvalue weighted by molar-refractivity contribution is 7.91. The van der Waals surface area contributed by atoms with Gasteiger partial charge in [-0.1, -0.05) is 6.07 Å². The maximum Gasteiger partial charge on any atom is 0.354 e. The van der Waals surface area contributed by atoms with Gasteiger partial charge < -0.3 is 15.4 Å². The summed E-state index contributed by atoms with van der Waals surface area (Å²) in [4.78, 5) is 12.9. The number of fused-ring (bicyclic) bond motifs is 3. The molecular weight excluding hydrogens is 435 g/mol. The van der Waals surface area contributed by atoms with E-state index < -0.39 is 22.6 Å². The van der Waals surface area contributed by atoms with Crippen molar-refractivity contribution in [2.45, 2.75) is 56.0 Å². The van der Waals surface area contributed by atoms with E-state index in [1.54, 1.807) is 0 Å². The third-order valence-corrected chi connectivity index (χ3v) is 7.69. The van der Waals surface area contributed by atoms with Crippen LogP contribution in [0.15, 0.2) is 21.5 Å². The number of rotatable bonds is 5. The lowest BCUT2D eigenvalue weighted by Crippen LogP contribution is -2.42. The van der Waals surface area contributed by atoms with Crippen LogP contribution in [0.5, 0.6) is 5.88 Å². The molecule has 1 aromatic carbocycles. The van der Waals surface area contributed by atoms with Crippen molar-refractivity contribution < 1.29 is 18.1 Å². The van der Waals surface area contributed by atoms with E-state index in [-0.39, 0.29) is 30.0 Å². The van der Waals surface area contributed by atoms with Crippen LogP contribution in [0.4, 0.5) is 14.9 Å². The molecule has 2 aliphatic carbocycles. The van der Waals surface area contributed by atoms with Crippen molar-refractivity contribution in [2.75, 3.05) is 25.1 Å². The second kappa shape index (κ2) is 8.45. The maximum absolute atomic E-state index is 13.2. The van der Waals surface area contributed by atoms with E-state index in [1.165, 1.54) is 22.0 Å². The largest absolute Gasteiger partial charge is 0.475 e. The molecule has 32 heavy (non-hydrogen) atoms. The number of aryl methyl sites for hydroxylation is 2. The average Bonchev–Trinajstić information content (AvgIpc) is 3.50. The zero-order valence-corrected chi connectivity index (χ0v) is 18.5. The number of alkyl halides is 1. The number of benzene rings is 1. The topological polar surface area (TPSA) is 124 Å². The summed E-state index contributed by atoms with van der Waals surface area (Å²) < 4.78 is 36.6. The first-order valence-electron chi connectivity index (χ1n) is 11.0. The van der Waals surface area contributed by atoms with Gasteiger partial charge in [-0.25, -0.2) is 23.2 Å². The molecule has 1 aliphatic heterocycles. The van der Waals surface area contributed by atoms with Gasteiger partial charge in [0.25, 0.3) is 0 Å². The smallest absolute Gasteiger partial charge is 0.354 e. The van der Waals surface area contributed by atoms with Crippen LogP contribution in [-0.2, 0) is 42.1 Å². The Bertz CT molecular complexity index is 1150. The van der Waals surface area contributed by atoms with Gasteiger partial charge in [0.05, 0.1) is 18.8 Å². The van der Waals surface area contributed by atoms with Crippen LogP contribution in [0, 0.1) is 0 Å². The Hall–Kier alpha value is -2.50. The van der Waals surface area contributed by atoms with Gasteiger partial charge in [-0.15, -0.1) is 4.36 Å². The number of anilines is 1. The van der Waals surface area contributed by atoms with Crippen LogP contribution >= 0.6 is 0 Å². The molecular formula is C21H27FN6O3S. The Morgan fingerprint density at radius 2 is 2.00 bits per heavy atom. The Morgan fingerprint density at radius 1 is 1.28 bits per heavy atom. The predicted octanol–water partition coefficient (Wildman–Crippen LogP) is 2.11. The SMILES string of the molecule is NS(=O)(=NC(=O)Nc1c2c(cc3c1CCC3)CCC2)c1cnn2c1OC[C@H](NCCF)C2. The van der Waals surface area contributed by atoms with E-state index >= 15 is 0 Å². The van der Waals surface area contributed by atoms with Gasteiger partial charge in [0.1, 0.15) is 18.2 Å². The number of carbonyl (C=O) groups is 1. The maximum atomic E-state index is 13.2. The molecule has 0 saturated heterocycles. The first-order valence-corrected chi connectivity index (χ1v) is 12.5. The molecule has 9 nitrogen and oxygen atoms in total. The molecule has 0 bridgehead atoms. The van der Waals surface area contributed by atoms with Gasteiger partial charge in [-0.2, -0.15) is 5.10 Å². The minimum atomic E-state index is -3.57. The number of nitrogens with zero attached hydrogens (tertiary/aromatic N) is 3. The molecule has 1 unspecified atom stereocenters. The van der Waals surface area contributed by atoms with Crippen LogP contribution in [-0.4, -0.2) is 45.9 Å². The molecule has 2 heterocycles. The van der Waals surface area contributed by atoms with E-state index in [4.69, 9.17) is 9.88 Å². The lowest BCUT2D eigenvalue weighted by Gasteiger charge is -2.25. The van der Waals surface area contributed by atoms with Gasteiger partial charge >= 0.3 is 6.03 Å². The van der Waals surface area contributed by atoms with Crippen molar-refractivity contribution in [3.05, 3.63) is 34.5 Å². The Morgan fingerprint density at radius 3 is 2.69 bits per heavy atom. The quantitative estimate of drug-likeness (QED) is 0.628. The number of hydrogen-bond donors (Lipinski definition) is 3. The lowest BCUT2D eigenvalue weighted by molar-refractivity contribution is 0.177. The number of nitrogens with one attached hydrogen (secondary N) is 2. The lowest BCUT2D eigenvalue weighted by atomic mass is 9.99. The predicted molar refractivity (Wildman–Crippen MR) is 118 cm³/mol. The molecule has 0 radical (unpaired) electrons. The zero-order valence-electron chi connectivity index (χ0n) is 17.7. The van der Waals surface area contributed by atoms with Gasteiger partial charge in [-0.3, -0.25) is 0 Å². The minimum Gasteiger partial charge on any atom is -0.475 e. The van der Waals surface area contributed by atoms with E-state index in [1.807, 2.05) is 0 Å². The van der Waals surface area contributed by atoms with E-state index in [9.17, 15) is 13.4 Å². The molecule has 4 N–H and O–H groups in total. The molecule has 2 amide bonds. The summed E-state index contributed by atoms with van der Waals surface area (Å²) in [5, 5.41) is 16.1. The summed E-state index contributed by atoms with van der Waals surface area (Å²) in [5.74, 6) is 0.230. The highest BCUT2D eigenvalue weighted by Gasteiger charge is 2.29. The van der Waals surface area contributed by atoms with Crippen molar-refractivity contribution >= 4 is 21.6 Å². The number of amides is 2. The second-order valence-corrected chi connectivity index (χ2v) is 10.2. The van der Waals surface area contributed by atoms with Gasteiger partial charge in [0.2, 0.25) is 5.88 Å². The van der Waals surface area contributed by atoms with Crippen molar-refractivity contribution in [1.29, 1.82) is 0 Å². The molecule has 172 valence electrons. The van der Waals surface area contributed by atoms with Crippen LogP contribution in [0.3, 0.4) is 0 Å². The van der Waals surface area contributed by atoms with Crippen LogP contribution in [0.2, 0.25) is 0 Å². The Kier molecular flexibility index (Phi) is 5.64. The van der Waals surface area contributed by atoms with Crippen molar-refractivity contribution in [1.82, 2.24) is 15.1 Å². The highest BCUT2D eigenvalue weighted by atomic mass is 32.2. The van der Waals surface area contributed by atoms with E-state index in [2.05, 4.69) is 26.2 Å². The Labute approximate surface area is 186 Å². The molecule has 3 aliphatic rings. The molecule has 11 heteroatoms. The summed E-state index contributed by atoms with van der Waals surface area (Å²) in [6.07, 6.45) is 7.30. The number of ether oxygens (including phenoxy) is 1. The number of carbonyl (C=O) groups excluding carboxylic acids is 1. The summed E-state index contributed by atoms with van der Waals surface area (Å²) in [6, 6.07) is 1.42. The number of hydrogen-bond acceptors (Lipinski definition) is 5. The summed E-state index contributed by atoms with van der Waals surface area (Å²) >= 11 is 0. The summed E-state index contributed by atoms with van der Waals surface area (Å²) in [5.41, 5.74) is 5.71. The van der Waals surface area contributed by atoms with E-state index in [0.29, 0.717) is 6.54 Å². The van der Waals surface area contributed by atoms with Crippen molar-refractivity contribution in [2.24, 2.45) is 9.50 Å². The fraction of sp³-hybridized carbons (Fsp3) is 0.524. The third-order valence-electron chi connectivity index (χ3n) is 6.34. The number of halogens is 1. The fourth-order valence-electron chi connectivity index (χ4n) is 4.93. The van der Waals surface area contributed by atoms with Crippen LogP contribution in [0.25, 0.3) is 0 Å². The molecule has 2 atom stereocenters. The Balaban J connectivity index is 1.39. The van der Waals surface area contributed by atoms with Crippen LogP contribution in [0.1, 0.15) is 35.1 Å². The molecule has 2 aromatic rings. The van der Waals surface area contributed by atoms with Crippen LogP contribution < -0.4 is 20.5 Å². The first kappa shape index (κ1) is 21.4. The fourth-order valence-corrected chi connectivity index (χ4v) is 5.93. The van der Waals surface area contributed by atoms with Crippen molar-refractivity contribution in [3.8, 4) is 5.88 Å². The van der Waals surface area contributed by atoms with Gasteiger partial charge in [-0.05, 0) is 60.8 Å².